The molecule has 0 amide bonds. The van der Waals surface area contributed by atoms with Crippen molar-refractivity contribution in [2.24, 2.45) is 7.05 Å². The first-order valence-electron chi connectivity index (χ1n) is 8.01. The van der Waals surface area contributed by atoms with Gasteiger partial charge in [-0.15, -0.1) is 0 Å². The highest BCUT2D eigenvalue weighted by molar-refractivity contribution is 5.34. The topological polar surface area (TPSA) is 35.2 Å². The highest BCUT2D eigenvalue weighted by atomic mass is 15.3. The molecule has 4 heteroatoms. The van der Waals surface area contributed by atoms with Crippen LogP contribution in [0.5, 0.6) is 0 Å². The fourth-order valence-electron chi connectivity index (χ4n) is 3.39. The van der Waals surface area contributed by atoms with Crippen LogP contribution in [-0.2, 0) is 13.6 Å². The number of piperazine rings is 1. The van der Waals surface area contributed by atoms with Crippen LogP contribution in [0, 0.1) is 18.3 Å². The lowest BCUT2D eigenvalue weighted by atomic mass is 10.1. The highest BCUT2D eigenvalue weighted by Crippen LogP contribution is 2.20. The molecule has 1 atom stereocenters. The van der Waals surface area contributed by atoms with Crippen molar-refractivity contribution in [2.45, 2.75) is 52.7 Å². The molecule has 0 aromatic carbocycles. The molecule has 2 rings (SSSR count). The van der Waals surface area contributed by atoms with E-state index in [4.69, 9.17) is 5.26 Å². The van der Waals surface area contributed by atoms with Crippen molar-refractivity contribution in [3.63, 3.8) is 0 Å². The van der Waals surface area contributed by atoms with Gasteiger partial charge in [-0.3, -0.25) is 9.80 Å². The predicted octanol–water partition coefficient (Wildman–Crippen LogP) is 2.51. The smallest absolute Gasteiger partial charge is 0.120 e. The second-order valence-electron chi connectivity index (χ2n) is 6.44. The molecule has 0 saturated carbocycles. The van der Waals surface area contributed by atoms with E-state index in [1.807, 2.05) is 17.7 Å². The fourth-order valence-corrected chi connectivity index (χ4v) is 3.39. The Balaban J connectivity index is 2.07. The van der Waals surface area contributed by atoms with Crippen molar-refractivity contribution >= 4 is 0 Å². The second-order valence-corrected chi connectivity index (χ2v) is 6.44. The zero-order chi connectivity index (χ0) is 15.6. The van der Waals surface area contributed by atoms with E-state index in [9.17, 15) is 0 Å². The number of nitrogens with zero attached hydrogens (tertiary/aromatic N) is 4. The second kappa shape index (κ2) is 6.64. The Morgan fingerprint density at radius 2 is 2.10 bits per heavy atom. The third-order valence-electron chi connectivity index (χ3n) is 4.90. The Bertz CT molecular complexity index is 524. The average molecular weight is 288 g/mol. The third kappa shape index (κ3) is 3.30. The number of hydrogen-bond donors (Lipinski definition) is 0. The van der Waals surface area contributed by atoms with Crippen LogP contribution in [0.2, 0.25) is 0 Å². The molecule has 1 aromatic rings. The van der Waals surface area contributed by atoms with E-state index in [1.54, 1.807) is 0 Å². The summed E-state index contributed by atoms with van der Waals surface area (Å²) in [5.41, 5.74) is 3.27. The fraction of sp³-hybridized carbons (Fsp3) is 0.706. The Kier molecular flexibility index (Phi) is 5.08. The van der Waals surface area contributed by atoms with Crippen molar-refractivity contribution in [1.82, 2.24) is 14.4 Å². The number of hydrogen-bond acceptors (Lipinski definition) is 3. The quantitative estimate of drug-likeness (QED) is 0.854. The summed E-state index contributed by atoms with van der Waals surface area (Å²) in [5.74, 6) is 0. The molecule has 0 aliphatic carbocycles. The lowest BCUT2D eigenvalue weighted by molar-refractivity contribution is 0.0456. The molecule has 2 heterocycles. The number of nitriles is 1. The first-order valence-corrected chi connectivity index (χ1v) is 8.01. The molecular weight excluding hydrogens is 260 g/mol. The molecule has 0 unspecified atom stereocenters. The minimum atomic E-state index is 0.626. The van der Waals surface area contributed by atoms with Crippen LogP contribution >= 0.6 is 0 Å². The monoisotopic (exact) mass is 288 g/mol. The summed E-state index contributed by atoms with van der Waals surface area (Å²) in [6.45, 7) is 13.3. The standard InChI is InChI=1S/C17H28N4/c1-6-16-12-20(7-8-21(16)13(2)3)11-15-9-17(10-18)19(5)14(15)4/h9,13,16H,6-8,11-12H2,1-5H3/t16-/m1/s1. The summed E-state index contributed by atoms with van der Waals surface area (Å²) >= 11 is 0. The van der Waals surface area contributed by atoms with Crippen molar-refractivity contribution in [1.29, 1.82) is 5.26 Å². The molecule has 116 valence electrons. The van der Waals surface area contributed by atoms with Crippen molar-refractivity contribution < 1.29 is 0 Å². The highest BCUT2D eigenvalue weighted by Gasteiger charge is 2.27. The van der Waals surface area contributed by atoms with Gasteiger partial charge in [0.15, 0.2) is 0 Å². The van der Waals surface area contributed by atoms with E-state index in [0.717, 1.165) is 31.9 Å². The predicted molar refractivity (Wildman–Crippen MR) is 86.1 cm³/mol. The molecule has 1 aliphatic rings. The maximum atomic E-state index is 9.15. The van der Waals surface area contributed by atoms with Gasteiger partial charge in [0.2, 0.25) is 0 Å². The van der Waals surface area contributed by atoms with E-state index in [1.165, 1.54) is 17.7 Å². The van der Waals surface area contributed by atoms with Gasteiger partial charge >= 0.3 is 0 Å². The number of aromatic nitrogens is 1. The maximum Gasteiger partial charge on any atom is 0.120 e. The Morgan fingerprint density at radius 1 is 1.38 bits per heavy atom. The van der Waals surface area contributed by atoms with Gasteiger partial charge in [0.1, 0.15) is 11.8 Å². The summed E-state index contributed by atoms with van der Waals surface area (Å²) in [6, 6.07) is 5.60. The van der Waals surface area contributed by atoms with Crippen molar-refractivity contribution in [2.75, 3.05) is 19.6 Å². The van der Waals surface area contributed by atoms with E-state index in [0.29, 0.717) is 12.1 Å². The molecule has 1 saturated heterocycles. The summed E-state index contributed by atoms with van der Waals surface area (Å²) in [6.07, 6.45) is 1.20. The zero-order valence-electron chi connectivity index (χ0n) is 14.1. The van der Waals surface area contributed by atoms with E-state index >= 15 is 0 Å². The van der Waals surface area contributed by atoms with Gasteiger partial charge in [-0.05, 0) is 38.8 Å². The van der Waals surface area contributed by atoms with Crippen LogP contribution in [0.1, 0.15) is 44.1 Å². The van der Waals surface area contributed by atoms with E-state index in [2.05, 4.69) is 43.6 Å². The van der Waals surface area contributed by atoms with Crippen LogP contribution in [0.25, 0.3) is 0 Å². The third-order valence-corrected chi connectivity index (χ3v) is 4.90. The molecule has 4 nitrogen and oxygen atoms in total. The molecule has 1 fully saturated rings. The molecule has 0 radical (unpaired) electrons. The molecule has 21 heavy (non-hydrogen) atoms. The Labute approximate surface area is 129 Å². The summed E-state index contributed by atoms with van der Waals surface area (Å²) < 4.78 is 2.00. The number of rotatable bonds is 4. The van der Waals surface area contributed by atoms with Gasteiger partial charge in [-0.2, -0.15) is 5.26 Å². The zero-order valence-corrected chi connectivity index (χ0v) is 14.1. The van der Waals surface area contributed by atoms with Crippen molar-refractivity contribution in [3.8, 4) is 6.07 Å². The SMILES string of the molecule is CC[C@@H]1CN(Cc2cc(C#N)n(C)c2C)CCN1C(C)C. The van der Waals surface area contributed by atoms with Gasteiger partial charge in [0.25, 0.3) is 0 Å². The van der Waals surface area contributed by atoms with Gasteiger partial charge in [-0.1, -0.05) is 6.92 Å². The molecule has 0 spiro atoms. The van der Waals surface area contributed by atoms with E-state index < -0.39 is 0 Å². The molecular formula is C17H28N4. The van der Waals surface area contributed by atoms with Gasteiger partial charge in [-0.25, -0.2) is 0 Å². The minimum Gasteiger partial charge on any atom is -0.340 e. The first kappa shape index (κ1) is 16.1. The van der Waals surface area contributed by atoms with Crippen LogP contribution < -0.4 is 0 Å². The maximum absolute atomic E-state index is 9.15. The lowest BCUT2D eigenvalue weighted by Gasteiger charge is -2.43. The molecule has 0 N–H and O–H groups in total. The van der Waals surface area contributed by atoms with E-state index in [-0.39, 0.29) is 0 Å². The summed E-state index contributed by atoms with van der Waals surface area (Å²) in [7, 11) is 1.98. The Morgan fingerprint density at radius 3 is 2.62 bits per heavy atom. The molecule has 1 aromatic heterocycles. The summed E-state index contributed by atoms with van der Waals surface area (Å²) in [5, 5.41) is 9.15. The first-order chi connectivity index (χ1) is 9.97. The molecule has 0 bridgehead atoms. The van der Waals surface area contributed by atoms with Crippen LogP contribution in [0.3, 0.4) is 0 Å². The van der Waals surface area contributed by atoms with Crippen LogP contribution in [-0.4, -0.2) is 46.1 Å². The van der Waals surface area contributed by atoms with Gasteiger partial charge in [0.05, 0.1) is 0 Å². The summed E-state index contributed by atoms with van der Waals surface area (Å²) in [4.78, 5) is 5.16. The normalized spacial score (nSPS) is 20.9. The van der Waals surface area contributed by atoms with Crippen molar-refractivity contribution in [3.05, 3.63) is 23.0 Å². The minimum absolute atomic E-state index is 0.626. The van der Waals surface area contributed by atoms with Crippen LogP contribution in [0.4, 0.5) is 0 Å². The largest absolute Gasteiger partial charge is 0.340 e. The van der Waals surface area contributed by atoms with Crippen LogP contribution in [0.15, 0.2) is 6.07 Å². The average Bonchev–Trinajstić information content (AvgIpc) is 2.74. The lowest BCUT2D eigenvalue weighted by Crippen LogP contribution is -2.54. The molecule has 1 aliphatic heterocycles. The Hall–Kier alpha value is -1.31. The van der Waals surface area contributed by atoms with Gasteiger partial charge in [0, 0.05) is 51.0 Å². The van der Waals surface area contributed by atoms with Gasteiger partial charge < -0.3 is 4.57 Å².